The fourth-order valence-electron chi connectivity index (χ4n) is 4.39. The maximum Gasteiger partial charge on any atom is 0.234 e. The van der Waals surface area contributed by atoms with E-state index in [1.165, 1.54) is 0 Å². The Morgan fingerprint density at radius 1 is 1.13 bits per heavy atom. The standard InChI is InChI=1S/C24H30N2O5/c1-16(19-14-18(28-2)7-9-21(19)29-3)25-24(27)15-26-10-4-5-20(26)17-6-8-22-23(13-17)31-12-11-30-22/h6-9,13-14,16,20H,4-5,10-12,15H2,1-3H3,(H,25,27)/t16-,20+/m1/s1. The van der Waals surface area contributed by atoms with Crippen molar-refractivity contribution < 1.29 is 23.7 Å². The molecule has 0 spiro atoms. The Bertz CT molecular complexity index is 932. The molecule has 0 aromatic heterocycles. The van der Waals surface area contributed by atoms with E-state index >= 15 is 0 Å². The molecule has 0 unspecified atom stereocenters. The minimum Gasteiger partial charge on any atom is -0.497 e. The van der Waals surface area contributed by atoms with E-state index in [0.29, 0.717) is 19.8 Å². The van der Waals surface area contributed by atoms with Gasteiger partial charge >= 0.3 is 0 Å². The Labute approximate surface area is 183 Å². The molecule has 0 aliphatic carbocycles. The summed E-state index contributed by atoms with van der Waals surface area (Å²) in [6.07, 6.45) is 2.08. The molecule has 7 heteroatoms. The molecular weight excluding hydrogens is 396 g/mol. The predicted molar refractivity (Wildman–Crippen MR) is 117 cm³/mol. The predicted octanol–water partition coefficient (Wildman–Crippen LogP) is 3.49. The van der Waals surface area contributed by atoms with Crippen LogP contribution in [-0.4, -0.2) is 51.3 Å². The molecular formula is C24H30N2O5. The summed E-state index contributed by atoms with van der Waals surface area (Å²) in [7, 11) is 3.25. The first-order valence-electron chi connectivity index (χ1n) is 10.7. The average molecular weight is 427 g/mol. The van der Waals surface area contributed by atoms with E-state index in [-0.39, 0.29) is 18.0 Å². The molecule has 0 saturated carbocycles. The molecule has 2 atom stereocenters. The second-order valence-corrected chi connectivity index (χ2v) is 7.93. The Morgan fingerprint density at radius 3 is 2.71 bits per heavy atom. The monoisotopic (exact) mass is 426 g/mol. The van der Waals surface area contributed by atoms with Crippen molar-refractivity contribution in [2.24, 2.45) is 0 Å². The van der Waals surface area contributed by atoms with Gasteiger partial charge in [0.25, 0.3) is 0 Å². The van der Waals surface area contributed by atoms with Gasteiger partial charge in [0, 0.05) is 11.6 Å². The van der Waals surface area contributed by atoms with E-state index in [0.717, 1.165) is 53.5 Å². The number of nitrogens with one attached hydrogen (secondary N) is 1. The molecule has 166 valence electrons. The summed E-state index contributed by atoms with van der Waals surface area (Å²) in [5.74, 6) is 3.03. The third-order valence-corrected chi connectivity index (χ3v) is 5.94. The molecule has 2 aromatic rings. The van der Waals surface area contributed by atoms with Crippen molar-refractivity contribution in [2.45, 2.75) is 31.8 Å². The van der Waals surface area contributed by atoms with Crippen LogP contribution in [0.25, 0.3) is 0 Å². The maximum atomic E-state index is 12.9. The first-order chi connectivity index (χ1) is 15.1. The molecule has 1 fully saturated rings. The molecule has 7 nitrogen and oxygen atoms in total. The first-order valence-corrected chi connectivity index (χ1v) is 10.7. The van der Waals surface area contributed by atoms with Crippen LogP contribution in [0.1, 0.15) is 43.0 Å². The highest BCUT2D eigenvalue weighted by Gasteiger charge is 2.29. The number of fused-ring (bicyclic) bond motifs is 1. The third-order valence-electron chi connectivity index (χ3n) is 5.94. The maximum absolute atomic E-state index is 12.9. The van der Waals surface area contributed by atoms with Gasteiger partial charge in [0.1, 0.15) is 24.7 Å². The van der Waals surface area contributed by atoms with E-state index < -0.39 is 0 Å². The van der Waals surface area contributed by atoms with Gasteiger partial charge < -0.3 is 24.3 Å². The summed E-state index contributed by atoms with van der Waals surface area (Å²) in [6, 6.07) is 11.7. The number of methoxy groups -OCH3 is 2. The van der Waals surface area contributed by atoms with Crippen LogP contribution in [-0.2, 0) is 4.79 Å². The van der Waals surface area contributed by atoms with Crippen LogP contribution in [0.5, 0.6) is 23.0 Å². The van der Waals surface area contributed by atoms with Crippen LogP contribution in [0.4, 0.5) is 0 Å². The fraction of sp³-hybridized carbons (Fsp3) is 0.458. The van der Waals surface area contributed by atoms with Crippen molar-refractivity contribution in [3.05, 3.63) is 47.5 Å². The van der Waals surface area contributed by atoms with E-state index in [2.05, 4.69) is 22.3 Å². The van der Waals surface area contributed by atoms with Crippen molar-refractivity contribution in [3.8, 4) is 23.0 Å². The first kappa shape index (κ1) is 21.3. The Morgan fingerprint density at radius 2 is 1.94 bits per heavy atom. The average Bonchev–Trinajstić information content (AvgIpc) is 3.26. The summed E-state index contributed by atoms with van der Waals surface area (Å²) in [4.78, 5) is 15.1. The number of carbonyl (C=O) groups excluding carboxylic acids is 1. The van der Waals surface area contributed by atoms with Crippen molar-refractivity contribution in [3.63, 3.8) is 0 Å². The SMILES string of the molecule is COc1ccc(OC)c([C@@H](C)NC(=O)CN2CCC[C@H]2c2ccc3c(c2)OCCO3)c1. The Kier molecular flexibility index (Phi) is 6.51. The number of hydrogen-bond acceptors (Lipinski definition) is 6. The van der Waals surface area contributed by atoms with Crippen molar-refractivity contribution >= 4 is 5.91 Å². The number of amides is 1. The van der Waals surface area contributed by atoms with Gasteiger partial charge in [-0.15, -0.1) is 0 Å². The van der Waals surface area contributed by atoms with Gasteiger partial charge in [-0.05, 0) is 62.2 Å². The minimum atomic E-state index is -0.201. The highest BCUT2D eigenvalue weighted by Crippen LogP contribution is 2.38. The van der Waals surface area contributed by atoms with Gasteiger partial charge in [0.2, 0.25) is 5.91 Å². The van der Waals surface area contributed by atoms with Crippen LogP contribution >= 0.6 is 0 Å². The molecule has 2 aliphatic rings. The lowest BCUT2D eigenvalue weighted by atomic mass is 10.0. The van der Waals surface area contributed by atoms with Gasteiger partial charge in [-0.25, -0.2) is 0 Å². The molecule has 2 aliphatic heterocycles. The van der Waals surface area contributed by atoms with Crippen LogP contribution in [0.2, 0.25) is 0 Å². The minimum absolute atomic E-state index is 0.0122. The largest absolute Gasteiger partial charge is 0.497 e. The van der Waals surface area contributed by atoms with E-state index in [1.807, 2.05) is 31.2 Å². The number of carbonyl (C=O) groups is 1. The number of likely N-dealkylation sites (tertiary alicyclic amines) is 1. The summed E-state index contributed by atoms with van der Waals surface area (Å²) in [5.41, 5.74) is 2.05. The van der Waals surface area contributed by atoms with Gasteiger partial charge in [-0.1, -0.05) is 6.07 Å². The highest BCUT2D eigenvalue weighted by molar-refractivity contribution is 5.78. The van der Waals surface area contributed by atoms with Gasteiger partial charge in [0.05, 0.1) is 26.8 Å². The van der Waals surface area contributed by atoms with Crippen molar-refractivity contribution in [1.82, 2.24) is 10.2 Å². The molecule has 1 saturated heterocycles. The zero-order valence-corrected chi connectivity index (χ0v) is 18.3. The second-order valence-electron chi connectivity index (χ2n) is 7.93. The third kappa shape index (κ3) is 4.71. The lowest BCUT2D eigenvalue weighted by Gasteiger charge is -2.27. The second kappa shape index (κ2) is 9.47. The number of ether oxygens (including phenoxy) is 4. The zero-order chi connectivity index (χ0) is 21.8. The van der Waals surface area contributed by atoms with Gasteiger partial charge in [-0.3, -0.25) is 9.69 Å². The Hall–Kier alpha value is -2.93. The summed E-state index contributed by atoms with van der Waals surface area (Å²) >= 11 is 0. The number of nitrogens with zero attached hydrogens (tertiary/aromatic N) is 1. The molecule has 0 radical (unpaired) electrons. The van der Waals surface area contributed by atoms with Crippen molar-refractivity contribution in [2.75, 3.05) is 40.5 Å². The van der Waals surface area contributed by atoms with Crippen LogP contribution in [0.3, 0.4) is 0 Å². The number of benzene rings is 2. The molecule has 2 aromatic carbocycles. The van der Waals surface area contributed by atoms with Gasteiger partial charge in [0.15, 0.2) is 11.5 Å². The molecule has 4 rings (SSSR count). The smallest absolute Gasteiger partial charge is 0.234 e. The summed E-state index contributed by atoms with van der Waals surface area (Å²) < 4.78 is 22.2. The van der Waals surface area contributed by atoms with E-state index in [1.54, 1.807) is 14.2 Å². The highest BCUT2D eigenvalue weighted by atomic mass is 16.6. The van der Waals surface area contributed by atoms with Gasteiger partial charge in [-0.2, -0.15) is 0 Å². The summed E-state index contributed by atoms with van der Waals surface area (Å²) in [5, 5.41) is 3.11. The molecule has 2 heterocycles. The van der Waals surface area contributed by atoms with Crippen LogP contribution in [0.15, 0.2) is 36.4 Å². The zero-order valence-electron chi connectivity index (χ0n) is 18.3. The quantitative estimate of drug-likeness (QED) is 0.731. The Balaban J connectivity index is 1.42. The van der Waals surface area contributed by atoms with E-state index in [4.69, 9.17) is 18.9 Å². The normalized spacial score (nSPS) is 19.0. The van der Waals surface area contributed by atoms with Crippen LogP contribution in [0, 0.1) is 0 Å². The number of hydrogen-bond donors (Lipinski definition) is 1. The van der Waals surface area contributed by atoms with Crippen molar-refractivity contribution in [1.29, 1.82) is 0 Å². The fourth-order valence-corrected chi connectivity index (χ4v) is 4.39. The van der Waals surface area contributed by atoms with Crippen LogP contribution < -0.4 is 24.3 Å². The molecule has 31 heavy (non-hydrogen) atoms. The lowest BCUT2D eigenvalue weighted by Crippen LogP contribution is -2.38. The topological polar surface area (TPSA) is 69.3 Å². The molecule has 1 N–H and O–H groups in total. The molecule has 1 amide bonds. The lowest BCUT2D eigenvalue weighted by molar-refractivity contribution is -0.123. The number of rotatable bonds is 7. The molecule has 0 bridgehead atoms. The summed E-state index contributed by atoms with van der Waals surface area (Å²) in [6.45, 7) is 4.34. The van der Waals surface area contributed by atoms with E-state index in [9.17, 15) is 4.79 Å².